The molecule has 1 aliphatic heterocycles. The maximum atomic E-state index is 13.7. The van der Waals surface area contributed by atoms with Gasteiger partial charge in [0, 0.05) is 27.2 Å². The molecule has 1 amide bonds. The van der Waals surface area contributed by atoms with Crippen LogP contribution in [0.3, 0.4) is 0 Å². The summed E-state index contributed by atoms with van der Waals surface area (Å²) in [5, 5.41) is 2.78. The molecule has 8 heteroatoms. The van der Waals surface area contributed by atoms with Crippen LogP contribution in [-0.2, 0) is 17.8 Å². The molecule has 1 N–H and O–H groups in total. The molecule has 1 fully saturated rings. The molecule has 0 radical (unpaired) electrons. The summed E-state index contributed by atoms with van der Waals surface area (Å²) in [5.74, 6) is 1.05. The van der Waals surface area contributed by atoms with E-state index in [1.165, 1.54) is 12.5 Å². The molecule has 0 unspecified atom stereocenters. The van der Waals surface area contributed by atoms with Gasteiger partial charge < -0.3 is 15.1 Å². The fraction of sp³-hybridized carbons (Fsp3) is 0.474. The van der Waals surface area contributed by atoms with Crippen LogP contribution in [0.15, 0.2) is 24.3 Å². The summed E-state index contributed by atoms with van der Waals surface area (Å²) >= 11 is 0. The van der Waals surface area contributed by atoms with E-state index < -0.39 is 0 Å². The molecule has 7 nitrogen and oxygen atoms in total. The molecular formula is C19H25FN6O. The Morgan fingerprint density at radius 3 is 2.59 bits per heavy atom. The van der Waals surface area contributed by atoms with Crippen LogP contribution in [0.2, 0.25) is 0 Å². The first kappa shape index (κ1) is 19.0. The van der Waals surface area contributed by atoms with Gasteiger partial charge >= 0.3 is 0 Å². The van der Waals surface area contributed by atoms with Crippen molar-refractivity contribution >= 4 is 17.8 Å². The highest BCUT2D eigenvalue weighted by molar-refractivity contribution is 5.78. The lowest BCUT2D eigenvalue weighted by Crippen LogP contribution is -2.33. The van der Waals surface area contributed by atoms with Gasteiger partial charge in [-0.15, -0.1) is 0 Å². The number of aromatic nitrogens is 3. The Bertz CT molecular complexity index is 792. The van der Waals surface area contributed by atoms with Gasteiger partial charge in [-0.05, 0) is 30.9 Å². The van der Waals surface area contributed by atoms with Crippen LogP contribution in [0.25, 0.3) is 0 Å². The molecule has 0 saturated carbocycles. The van der Waals surface area contributed by atoms with Gasteiger partial charge in [-0.1, -0.05) is 18.2 Å². The average Bonchev–Trinajstić information content (AvgIpc) is 2.68. The Balaban J connectivity index is 1.68. The molecule has 1 saturated heterocycles. The second-order valence-electron chi connectivity index (χ2n) is 6.84. The number of piperidine rings is 1. The van der Waals surface area contributed by atoms with E-state index >= 15 is 0 Å². The Hall–Kier alpha value is -2.77. The third kappa shape index (κ3) is 5.12. The number of carbonyl (C=O) groups excluding carboxylic acids is 1. The monoisotopic (exact) mass is 372 g/mol. The van der Waals surface area contributed by atoms with E-state index in [0.717, 1.165) is 25.9 Å². The minimum absolute atomic E-state index is 0.0166. The number of hydrogen-bond donors (Lipinski definition) is 1. The third-order valence-corrected chi connectivity index (χ3v) is 4.45. The molecule has 0 aliphatic carbocycles. The van der Waals surface area contributed by atoms with Gasteiger partial charge in [0.05, 0.1) is 13.0 Å². The molecule has 0 spiro atoms. The zero-order chi connectivity index (χ0) is 19.2. The van der Waals surface area contributed by atoms with Crippen molar-refractivity contribution < 1.29 is 9.18 Å². The summed E-state index contributed by atoms with van der Waals surface area (Å²) in [5.41, 5.74) is 0.369. The van der Waals surface area contributed by atoms with Gasteiger partial charge in [0.2, 0.25) is 17.8 Å². The van der Waals surface area contributed by atoms with Crippen LogP contribution < -0.4 is 15.1 Å². The van der Waals surface area contributed by atoms with E-state index in [-0.39, 0.29) is 24.7 Å². The molecule has 1 aliphatic rings. The predicted octanol–water partition coefficient (Wildman–Crippen LogP) is 1.93. The van der Waals surface area contributed by atoms with Gasteiger partial charge in [0.1, 0.15) is 5.82 Å². The van der Waals surface area contributed by atoms with Crippen molar-refractivity contribution in [2.75, 3.05) is 37.0 Å². The molecule has 2 heterocycles. The quantitative estimate of drug-likeness (QED) is 0.835. The Morgan fingerprint density at radius 1 is 1.15 bits per heavy atom. The molecule has 0 bridgehead atoms. The first-order valence-electron chi connectivity index (χ1n) is 9.20. The topological polar surface area (TPSA) is 74.2 Å². The van der Waals surface area contributed by atoms with Crippen LogP contribution in [-0.4, -0.2) is 48.0 Å². The molecule has 3 rings (SSSR count). The molecular weight excluding hydrogens is 347 g/mol. The van der Waals surface area contributed by atoms with E-state index in [4.69, 9.17) is 0 Å². The maximum Gasteiger partial charge on any atom is 0.230 e. The fourth-order valence-electron chi connectivity index (χ4n) is 2.96. The summed E-state index contributed by atoms with van der Waals surface area (Å²) < 4.78 is 13.7. The number of rotatable bonds is 6. The zero-order valence-electron chi connectivity index (χ0n) is 15.8. The number of hydrogen-bond acceptors (Lipinski definition) is 6. The van der Waals surface area contributed by atoms with Gasteiger partial charge in [0.15, 0.2) is 5.82 Å². The largest absolute Gasteiger partial charge is 0.349 e. The minimum Gasteiger partial charge on any atom is -0.349 e. The van der Waals surface area contributed by atoms with E-state index in [9.17, 15) is 9.18 Å². The summed E-state index contributed by atoms with van der Waals surface area (Å²) in [4.78, 5) is 29.6. The Kier molecular flexibility index (Phi) is 6.16. The summed E-state index contributed by atoms with van der Waals surface area (Å²) in [6, 6.07) is 6.28. The fourth-order valence-corrected chi connectivity index (χ4v) is 2.96. The second-order valence-corrected chi connectivity index (χ2v) is 6.84. The number of nitrogens with zero attached hydrogens (tertiary/aromatic N) is 5. The number of amides is 1. The van der Waals surface area contributed by atoms with Crippen LogP contribution in [0.4, 0.5) is 16.3 Å². The number of benzene rings is 1. The number of nitrogens with one attached hydrogen (secondary N) is 1. The van der Waals surface area contributed by atoms with Crippen molar-refractivity contribution in [1.82, 2.24) is 20.3 Å². The Morgan fingerprint density at radius 2 is 1.89 bits per heavy atom. The van der Waals surface area contributed by atoms with Gasteiger partial charge in [0.25, 0.3) is 0 Å². The lowest BCUT2D eigenvalue weighted by atomic mass is 10.1. The second kappa shape index (κ2) is 8.75. The minimum atomic E-state index is -0.380. The van der Waals surface area contributed by atoms with Crippen LogP contribution in [0.5, 0.6) is 0 Å². The SMILES string of the molecule is CN(C)c1nc(CNC(=O)Cc2ccccc2F)nc(N2CCCCC2)n1. The number of carbonyl (C=O) groups is 1. The zero-order valence-corrected chi connectivity index (χ0v) is 15.8. The van der Waals surface area contributed by atoms with Crippen molar-refractivity contribution in [1.29, 1.82) is 0 Å². The lowest BCUT2D eigenvalue weighted by Gasteiger charge is -2.27. The number of anilines is 2. The van der Waals surface area contributed by atoms with Gasteiger partial charge in [-0.3, -0.25) is 4.79 Å². The van der Waals surface area contributed by atoms with Crippen molar-refractivity contribution in [3.05, 3.63) is 41.5 Å². The molecule has 1 aromatic carbocycles. The molecule has 27 heavy (non-hydrogen) atoms. The summed E-state index contributed by atoms with van der Waals surface area (Å²) in [6.45, 7) is 2.03. The van der Waals surface area contributed by atoms with Crippen LogP contribution in [0, 0.1) is 5.82 Å². The normalized spacial score (nSPS) is 14.1. The highest BCUT2D eigenvalue weighted by atomic mass is 19.1. The van der Waals surface area contributed by atoms with Gasteiger partial charge in [-0.2, -0.15) is 15.0 Å². The van der Waals surface area contributed by atoms with Crippen LogP contribution in [0.1, 0.15) is 30.7 Å². The van der Waals surface area contributed by atoms with Crippen molar-refractivity contribution in [2.45, 2.75) is 32.2 Å². The van der Waals surface area contributed by atoms with Gasteiger partial charge in [-0.25, -0.2) is 4.39 Å². The predicted molar refractivity (Wildman–Crippen MR) is 102 cm³/mol. The lowest BCUT2D eigenvalue weighted by molar-refractivity contribution is -0.120. The highest BCUT2D eigenvalue weighted by Gasteiger charge is 2.17. The van der Waals surface area contributed by atoms with Crippen molar-refractivity contribution in [3.63, 3.8) is 0 Å². The van der Waals surface area contributed by atoms with E-state index in [1.807, 2.05) is 19.0 Å². The molecule has 144 valence electrons. The van der Waals surface area contributed by atoms with E-state index in [0.29, 0.717) is 23.3 Å². The smallest absolute Gasteiger partial charge is 0.230 e. The summed E-state index contributed by atoms with van der Waals surface area (Å²) in [7, 11) is 3.74. The number of halogens is 1. The van der Waals surface area contributed by atoms with E-state index in [1.54, 1.807) is 18.2 Å². The van der Waals surface area contributed by atoms with Crippen molar-refractivity contribution in [3.8, 4) is 0 Å². The summed E-state index contributed by atoms with van der Waals surface area (Å²) in [6.07, 6.45) is 3.45. The van der Waals surface area contributed by atoms with Crippen molar-refractivity contribution in [2.24, 2.45) is 0 Å². The van der Waals surface area contributed by atoms with Crippen LogP contribution >= 0.6 is 0 Å². The standard InChI is InChI=1S/C19H25FN6O/c1-25(2)18-22-16(23-19(24-18)26-10-6-3-7-11-26)13-21-17(27)12-14-8-4-5-9-15(14)20/h4-5,8-9H,3,6-7,10-13H2,1-2H3,(H,21,27). The Labute approximate surface area is 158 Å². The third-order valence-electron chi connectivity index (χ3n) is 4.45. The first-order chi connectivity index (χ1) is 13.0. The van der Waals surface area contributed by atoms with E-state index in [2.05, 4.69) is 25.2 Å². The molecule has 2 aromatic rings. The highest BCUT2D eigenvalue weighted by Crippen LogP contribution is 2.18. The molecule has 0 atom stereocenters. The maximum absolute atomic E-state index is 13.7. The first-order valence-corrected chi connectivity index (χ1v) is 9.20. The average molecular weight is 372 g/mol. The molecule has 1 aromatic heterocycles.